The first-order valence-corrected chi connectivity index (χ1v) is 5.61. The second kappa shape index (κ2) is 10.4. The highest BCUT2D eigenvalue weighted by molar-refractivity contribution is 5.85. The summed E-state index contributed by atoms with van der Waals surface area (Å²) in [6.45, 7) is 6.65. The molecule has 1 amide bonds. The molecule has 2 atom stereocenters. The zero-order valence-electron chi connectivity index (χ0n) is 10.9. The smallest absolute Gasteiger partial charge is 0.310 e. The molecule has 0 bridgehead atoms. The van der Waals surface area contributed by atoms with Gasteiger partial charge in [0.25, 0.3) is 0 Å². The van der Waals surface area contributed by atoms with E-state index in [-0.39, 0.29) is 36.1 Å². The molecule has 0 saturated carbocycles. The molecule has 17 heavy (non-hydrogen) atoms. The van der Waals surface area contributed by atoms with E-state index in [0.29, 0.717) is 19.7 Å². The number of hydrogen-bond acceptors (Lipinski definition) is 4. The summed E-state index contributed by atoms with van der Waals surface area (Å²) < 4.78 is 4.84. The maximum absolute atomic E-state index is 11.5. The first-order valence-electron chi connectivity index (χ1n) is 5.61. The normalized spacial score (nSPS) is 13.2. The molecule has 2 unspecified atom stereocenters. The third-order valence-electron chi connectivity index (χ3n) is 2.23. The molecule has 0 heterocycles. The van der Waals surface area contributed by atoms with Gasteiger partial charge in [0.05, 0.1) is 12.5 Å². The topological polar surface area (TPSA) is 67.4 Å². The molecule has 0 aliphatic rings. The summed E-state index contributed by atoms with van der Waals surface area (Å²) in [7, 11) is 1.80. The van der Waals surface area contributed by atoms with E-state index in [1.165, 1.54) is 0 Å². The van der Waals surface area contributed by atoms with Crippen LogP contribution in [0.25, 0.3) is 0 Å². The number of rotatable bonds is 7. The van der Waals surface area contributed by atoms with Crippen LogP contribution in [0, 0.1) is 11.8 Å². The molecule has 0 aromatic heterocycles. The molecule has 0 spiro atoms. The quantitative estimate of drug-likeness (QED) is 0.662. The molecule has 102 valence electrons. The Morgan fingerprint density at radius 1 is 1.18 bits per heavy atom. The van der Waals surface area contributed by atoms with Crippen molar-refractivity contribution in [2.75, 3.05) is 26.7 Å². The first-order chi connectivity index (χ1) is 7.52. The third-order valence-corrected chi connectivity index (χ3v) is 2.23. The van der Waals surface area contributed by atoms with Crippen LogP contribution < -0.4 is 10.6 Å². The Labute approximate surface area is 109 Å². The Hall–Kier alpha value is -0.810. The van der Waals surface area contributed by atoms with Crippen LogP contribution in [0.4, 0.5) is 0 Å². The van der Waals surface area contributed by atoms with E-state index < -0.39 is 0 Å². The van der Waals surface area contributed by atoms with Gasteiger partial charge in [-0.1, -0.05) is 13.8 Å². The lowest BCUT2D eigenvalue weighted by molar-refractivity contribution is -0.147. The van der Waals surface area contributed by atoms with Gasteiger partial charge in [-0.15, -0.1) is 12.4 Å². The molecule has 0 aliphatic heterocycles. The summed E-state index contributed by atoms with van der Waals surface area (Å²) in [5.41, 5.74) is 0. The van der Waals surface area contributed by atoms with E-state index in [9.17, 15) is 9.59 Å². The zero-order chi connectivity index (χ0) is 12.6. The fraction of sp³-hybridized carbons (Fsp3) is 0.818. The number of carbonyl (C=O) groups is 2. The number of halogens is 1. The molecule has 0 saturated heterocycles. The van der Waals surface area contributed by atoms with Crippen molar-refractivity contribution in [3.8, 4) is 0 Å². The number of esters is 1. The average molecular weight is 267 g/mol. The van der Waals surface area contributed by atoms with Crippen LogP contribution >= 0.6 is 12.4 Å². The van der Waals surface area contributed by atoms with E-state index >= 15 is 0 Å². The fourth-order valence-electron chi connectivity index (χ4n) is 1.19. The predicted octanol–water partition coefficient (Wildman–Crippen LogP) is 0.579. The van der Waals surface area contributed by atoms with Gasteiger partial charge in [-0.05, 0) is 14.0 Å². The summed E-state index contributed by atoms with van der Waals surface area (Å²) in [5.74, 6) is -0.723. The summed E-state index contributed by atoms with van der Waals surface area (Å²) in [6.07, 6.45) is 0. The van der Waals surface area contributed by atoms with Gasteiger partial charge in [-0.25, -0.2) is 0 Å². The number of hydrogen-bond donors (Lipinski definition) is 2. The van der Waals surface area contributed by atoms with Crippen molar-refractivity contribution in [1.29, 1.82) is 0 Å². The van der Waals surface area contributed by atoms with Gasteiger partial charge in [-0.3, -0.25) is 9.59 Å². The first kappa shape index (κ1) is 18.6. The van der Waals surface area contributed by atoms with Crippen molar-refractivity contribution in [2.24, 2.45) is 11.8 Å². The van der Waals surface area contributed by atoms with Gasteiger partial charge in [0.2, 0.25) is 5.91 Å². The van der Waals surface area contributed by atoms with Crippen LogP contribution in [0.15, 0.2) is 0 Å². The lowest BCUT2D eigenvalue weighted by Crippen LogP contribution is -2.38. The summed E-state index contributed by atoms with van der Waals surface area (Å²) in [6, 6.07) is 0. The Morgan fingerprint density at radius 3 is 2.24 bits per heavy atom. The van der Waals surface area contributed by atoms with Crippen LogP contribution in [0.2, 0.25) is 0 Å². The maximum atomic E-state index is 11.5. The Balaban J connectivity index is 0. The Bertz CT molecular complexity index is 237. The number of carbonyl (C=O) groups excluding carboxylic acids is 2. The van der Waals surface area contributed by atoms with E-state index in [0.717, 1.165) is 0 Å². The number of nitrogens with one attached hydrogen (secondary N) is 2. The summed E-state index contributed by atoms with van der Waals surface area (Å²) in [5, 5.41) is 5.65. The van der Waals surface area contributed by atoms with Crippen molar-refractivity contribution >= 4 is 24.3 Å². The molecule has 2 N–H and O–H groups in total. The standard InChI is InChI=1S/C11H22N2O3.ClH/c1-5-16-11(15)9(3)7-13-10(14)8(2)6-12-4;/h8-9,12H,5-7H2,1-4H3,(H,13,14);1H. The van der Waals surface area contributed by atoms with E-state index in [4.69, 9.17) is 4.74 Å². The largest absolute Gasteiger partial charge is 0.466 e. The average Bonchev–Trinajstić information content (AvgIpc) is 2.25. The van der Waals surface area contributed by atoms with E-state index in [1.807, 2.05) is 6.92 Å². The van der Waals surface area contributed by atoms with Crippen LogP contribution in [-0.2, 0) is 14.3 Å². The molecule has 0 aromatic rings. The van der Waals surface area contributed by atoms with Gasteiger partial charge in [0, 0.05) is 19.0 Å². The highest BCUT2D eigenvalue weighted by Gasteiger charge is 2.17. The molecule has 0 aliphatic carbocycles. The highest BCUT2D eigenvalue weighted by atomic mass is 35.5. The number of amides is 1. The molecule has 0 fully saturated rings. The second-order valence-electron chi connectivity index (χ2n) is 3.86. The molecule has 5 nitrogen and oxygen atoms in total. The molecule has 6 heteroatoms. The minimum atomic E-state index is -0.300. The van der Waals surface area contributed by atoms with Crippen LogP contribution in [-0.4, -0.2) is 38.6 Å². The van der Waals surface area contributed by atoms with Crippen LogP contribution in [0.3, 0.4) is 0 Å². The molecular weight excluding hydrogens is 244 g/mol. The van der Waals surface area contributed by atoms with Gasteiger partial charge in [0.1, 0.15) is 0 Å². The minimum absolute atomic E-state index is 0. The maximum Gasteiger partial charge on any atom is 0.310 e. The highest BCUT2D eigenvalue weighted by Crippen LogP contribution is 1.98. The minimum Gasteiger partial charge on any atom is -0.466 e. The predicted molar refractivity (Wildman–Crippen MR) is 69.1 cm³/mol. The van der Waals surface area contributed by atoms with Gasteiger partial charge in [0.15, 0.2) is 0 Å². The van der Waals surface area contributed by atoms with Crippen molar-refractivity contribution in [3.63, 3.8) is 0 Å². The lowest BCUT2D eigenvalue weighted by Gasteiger charge is -2.14. The molecule has 0 rings (SSSR count). The Morgan fingerprint density at radius 2 is 1.76 bits per heavy atom. The second-order valence-corrected chi connectivity index (χ2v) is 3.86. The molecular formula is C11H23ClN2O3. The molecule has 0 aromatic carbocycles. The van der Waals surface area contributed by atoms with Gasteiger partial charge in [-0.2, -0.15) is 0 Å². The van der Waals surface area contributed by atoms with Crippen LogP contribution in [0.5, 0.6) is 0 Å². The van der Waals surface area contributed by atoms with E-state index in [1.54, 1.807) is 20.9 Å². The Kier molecular flexibility index (Phi) is 11.3. The zero-order valence-corrected chi connectivity index (χ0v) is 11.7. The third kappa shape index (κ3) is 7.99. The molecule has 0 radical (unpaired) electrons. The van der Waals surface area contributed by atoms with E-state index in [2.05, 4.69) is 10.6 Å². The fourth-order valence-corrected chi connectivity index (χ4v) is 1.19. The monoisotopic (exact) mass is 266 g/mol. The SMILES string of the molecule is CCOC(=O)C(C)CNC(=O)C(C)CNC.Cl. The van der Waals surface area contributed by atoms with Crippen molar-refractivity contribution < 1.29 is 14.3 Å². The summed E-state index contributed by atoms with van der Waals surface area (Å²) in [4.78, 5) is 22.8. The van der Waals surface area contributed by atoms with Gasteiger partial charge < -0.3 is 15.4 Å². The van der Waals surface area contributed by atoms with Crippen molar-refractivity contribution in [1.82, 2.24) is 10.6 Å². The van der Waals surface area contributed by atoms with Crippen molar-refractivity contribution in [3.05, 3.63) is 0 Å². The van der Waals surface area contributed by atoms with Crippen molar-refractivity contribution in [2.45, 2.75) is 20.8 Å². The lowest BCUT2D eigenvalue weighted by atomic mass is 10.1. The number of ether oxygens (including phenoxy) is 1. The summed E-state index contributed by atoms with van der Waals surface area (Å²) >= 11 is 0. The van der Waals surface area contributed by atoms with Crippen LogP contribution in [0.1, 0.15) is 20.8 Å². The van der Waals surface area contributed by atoms with Gasteiger partial charge >= 0.3 is 5.97 Å².